The number of allylic oxidation sites excluding steroid dienone is 6. The van der Waals surface area contributed by atoms with Crippen molar-refractivity contribution >= 4 is 19.8 Å². The first-order valence-electron chi connectivity index (χ1n) is 20.7. The van der Waals surface area contributed by atoms with E-state index in [0.29, 0.717) is 23.9 Å². The number of esters is 2. The molecule has 0 heterocycles. The Labute approximate surface area is 319 Å². The van der Waals surface area contributed by atoms with Crippen LogP contribution in [0.1, 0.15) is 168 Å². The van der Waals surface area contributed by atoms with Crippen LogP contribution in [0, 0.1) is 0 Å². The highest BCUT2D eigenvalue weighted by Gasteiger charge is 2.27. The van der Waals surface area contributed by atoms with Gasteiger partial charge in [0.25, 0.3) is 0 Å². The molecule has 0 rings (SSSR count). The molecule has 0 aromatic heterocycles. The Kier molecular flexibility index (Phi) is 33.8. The van der Waals surface area contributed by atoms with Gasteiger partial charge in [-0.1, -0.05) is 134 Å². The summed E-state index contributed by atoms with van der Waals surface area (Å²) in [5, 5.41) is 0. The molecule has 304 valence electrons. The van der Waals surface area contributed by atoms with Gasteiger partial charge in [0.2, 0.25) is 0 Å². The van der Waals surface area contributed by atoms with Crippen molar-refractivity contribution < 1.29 is 42.1 Å². The molecule has 0 bridgehead atoms. The van der Waals surface area contributed by atoms with Crippen LogP contribution in [-0.4, -0.2) is 74.9 Å². The molecule has 10 heteroatoms. The minimum absolute atomic E-state index is 0.0238. The summed E-state index contributed by atoms with van der Waals surface area (Å²) >= 11 is 0. The molecule has 0 fully saturated rings. The summed E-state index contributed by atoms with van der Waals surface area (Å²) in [6.45, 7) is 4.31. The number of nitrogens with zero attached hydrogens (tertiary/aromatic N) is 1. The summed E-state index contributed by atoms with van der Waals surface area (Å²) in [5.41, 5.74) is 0. The van der Waals surface area contributed by atoms with Crippen molar-refractivity contribution in [3.8, 4) is 0 Å². The predicted molar refractivity (Wildman–Crippen MR) is 215 cm³/mol. The number of carbonyl (C=O) groups excluding carboxylic acids is 2. The van der Waals surface area contributed by atoms with Gasteiger partial charge in [0.05, 0.1) is 27.7 Å². The van der Waals surface area contributed by atoms with Gasteiger partial charge >= 0.3 is 19.8 Å². The number of rotatable bonds is 37. The lowest BCUT2D eigenvalue weighted by molar-refractivity contribution is -0.870. The topological polar surface area (TPSA) is 108 Å². The van der Waals surface area contributed by atoms with E-state index in [1.165, 1.54) is 70.6 Å². The Bertz CT molecular complexity index is 991. The zero-order chi connectivity index (χ0) is 38.6. The maximum Gasteiger partial charge on any atom is 0.472 e. The van der Waals surface area contributed by atoms with Crippen LogP contribution in [0.25, 0.3) is 0 Å². The summed E-state index contributed by atoms with van der Waals surface area (Å²) in [7, 11) is 1.45. The predicted octanol–water partition coefficient (Wildman–Crippen LogP) is 11.4. The van der Waals surface area contributed by atoms with Crippen molar-refractivity contribution in [2.45, 2.75) is 174 Å². The molecule has 0 radical (unpaired) electrons. The summed E-state index contributed by atoms with van der Waals surface area (Å²) in [6.07, 6.45) is 37.8. The highest BCUT2D eigenvalue weighted by molar-refractivity contribution is 7.47. The molecule has 0 saturated carbocycles. The Hall–Kier alpha value is -1.77. The normalized spacial score (nSPS) is 14.0. The molecule has 52 heavy (non-hydrogen) atoms. The van der Waals surface area contributed by atoms with Crippen LogP contribution < -0.4 is 0 Å². The van der Waals surface area contributed by atoms with Gasteiger partial charge in [0.1, 0.15) is 19.8 Å². The van der Waals surface area contributed by atoms with Gasteiger partial charge in [0.15, 0.2) is 6.10 Å². The highest BCUT2D eigenvalue weighted by atomic mass is 31.2. The van der Waals surface area contributed by atoms with Crippen molar-refractivity contribution in [1.82, 2.24) is 0 Å². The monoisotopic (exact) mass is 757 g/mol. The van der Waals surface area contributed by atoms with Crippen LogP contribution >= 0.6 is 7.82 Å². The third kappa shape index (κ3) is 38.0. The highest BCUT2D eigenvalue weighted by Crippen LogP contribution is 2.43. The van der Waals surface area contributed by atoms with Crippen LogP contribution in [0.5, 0.6) is 0 Å². The molecular weight excluding hydrogens is 677 g/mol. The molecule has 2 atom stereocenters. The van der Waals surface area contributed by atoms with Crippen molar-refractivity contribution in [2.24, 2.45) is 0 Å². The van der Waals surface area contributed by atoms with Crippen LogP contribution in [0.2, 0.25) is 0 Å². The van der Waals surface area contributed by atoms with Crippen LogP contribution in [-0.2, 0) is 32.7 Å². The molecule has 0 saturated heterocycles. The Morgan fingerprint density at radius 2 is 1.08 bits per heavy atom. The summed E-state index contributed by atoms with van der Waals surface area (Å²) < 4.78 is 34.1. The van der Waals surface area contributed by atoms with Gasteiger partial charge in [-0.15, -0.1) is 0 Å². The fraction of sp³-hybridized carbons (Fsp3) is 0.810. The molecule has 0 aromatic carbocycles. The van der Waals surface area contributed by atoms with Gasteiger partial charge in [-0.25, -0.2) is 4.57 Å². The molecule has 0 aromatic rings. The van der Waals surface area contributed by atoms with Crippen molar-refractivity contribution in [3.63, 3.8) is 0 Å². The first-order chi connectivity index (χ1) is 25.0. The summed E-state index contributed by atoms with van der Waals surface area (Å²) in [5.74, 6) is -0.864. The molecule has 0 aliphatic rings. The van der Waals surface area contributed by atoms with Gasteiger partial charge in [-0.05, 0) is 57.8 Å². The Morgan fingerprint density at radius 1 is 0.596 bits per heavy atom. The van der Waals surface area contributed by atoms with E-state index in [9.17, 15) is 19.0 Å². The fourth-order valence-corrected chi connectivity index (χ4v) is 6.07. The van der Waals surface area contributed by atoms with E-state index in [2.05, 4.69) is 50.3 Å². The molecule has 1 N–H and O–H groups in total. The number of unbranched alkanes of at least 4 members (excludes halogenated alkanes) is 17. The number of phosphoric ester groups is 1. The zero-order valence-electron chi connectivity index (χ0n) is 34.0. The third-order valence-electron chi connectivity index (χ3n) is 8.64. The number of quaternary nitrogens is 1. The fourth-order valence-electron chi connectivity index (χ4n) is 5.33. The third-order valence-corrected chi connectivity index (χ3v) is 9.63. The number of likely N-dealkylation sites (N-methyl/N-ethyl adjacent to an activating group) is 1. The van der Waals surface area contributed by atoms with Crippen molar-refractivity contribution in [2.75, 3.05) is 47.5 Å². The standard InChI is InChI=1S/C42H78NO8P/c1-6-8-10-12-14-16-18-19-20-21-22-23-25-26-28-30-32-34-41(44)48-38-40(39-50-52(46,47)49-37-36-43(3,4)5)51-42(45)35-33-31-29-27-24-17-15-13-11-9-7-2/h13,15,22-23,26,28,40H,6-12,14,16-21,24-25,27,29-39H2,1-5H3/p+1/b15-13+,23-22+,28-26+/t40-/m0/s1. The molecule has 0 spiro atoms. The maximum absolute atomic E-state index is 12.6. The van der Waals surface area contributed by atoms with E-state index in [0.717, 1.165) is 57.8 Å². The lowest BCUT2D eigenvalue weighted by Crippen LogP contribution is -2.37. The van der Waals surface area contributed by atoms with E-state index in [1.807, 2.05) is 21.1 Å². The second-order valence-electron chi connectivity index (χ2n) is 15.0. The van der Waals surface area contributed by atoms with E-state index < -0.39 is 32.5 Å². The van der Waals surface area contributed by atoms with E-state index >= 15 is 0 Å². The van der Waals surface area contributed by atoms with Gasteiger partial charge in [-0.2, -0.15) is 0 Å². The number of hydrogen-bond donors (Lipinski definition) is 1. The largest absolute Gasteiger partial charge is 0.472 e. The van der Waals surface area contributed by atoms with Crippen LogP contribution in [0.4, 0.5) is 0 Å². The minimum Gasteiger partial charge on any atom is -0.462 e. The van der Waals surface area contributed by atoms with Crippen LogP contribution in [0.15, 0.2) is 36.5 Å². The molecule has 9 nitrogen and oxygen atoms in total. The first-order valence-corrected chi connectivity index (χ1v) is 22.2. The Balaban J connectivity index is 4.44. The minimum atomic E-state index is -4.38. The average Bonchev–Trinajstić information content (AvgIpc) is 3.09. The number of hydrogen-bond acceptors (Lipinski definition) is 7. The molecule has 1 unspecified atom stereocenters. The molecule has 0 aliphatic heterocycles. The number of carbonyl (C=O) groups is 2. The lowest BCUT2D eigenvalue weighted by atomic mass is 10.1. The SMILES string of the molecule is CCCC/C=C/CCCCCCCC(=O)O[C@@H](COC(=O)CCC/C=C/C/C=C/CCCCCCCCCCC)COP(=O)(O)OCC[N+](C)(C)C. The van der Waals surface area contributed by atoms with Gasteiger partial charge in [-0.3, -0.25) is 18.6 Å². The number of ether oxygens (including phenoxy) is 2. The second kappa shape index (κ2) is 35.0. The number of phosphoric acid groups is 1. The molecular formula is C42H79NO8P+. The maximum atomic E-state index is 12.6. The van der Waals surface area contributed by atoms with Crippen molar-refractivity contribution in [1.29, 1.82) is 0 Å². The first kappa shape index (κ1) is 50.2. The Morgan fingerprint density at radius 3 is 1.65 bits per heavy atom. The van der Waals surface area contributed by atoms with E-state index in [4.69, 9.17) is 18.5 Å². The summed E-state index contributed by atoms with van der Waals surface area (Å²) in [6, 6.07) is 0. The summed E-state index contributed by atoms with van der Waals surface area (Å²) in [4.78, 5) is 35.2. The zero-order valence-corrected chi connectivity index (χ0v) is 34.9. The molecule has 0 amide bonds. The quantitative estimate of drug-likeness (QED) is 0.0219. The van der Waals surface area contributed by atoms with Gasteiger partial charge in [0, 0.05) is 12.8 Å². The van der Waals surface area contributed by atoms with E-state index in [1.54, 1.807) is 0 Å². The molecule has 0 aliphatic carbocycles. The van der Waals surface area contributed by atoms with Crippen molar-refractivity contribution in [3.05, 3.63) is 36.5 Å². The lowest BCUT2D eigenvalue weighted by Gasteiger charge is -2.24. The smallest absolute Gasteiger partial charge is 0.462 e. The van der Waals surface area contributed by atoms with Gasteiger partial charge < -0.3 is 18.9 Å². The second-order valence-corrected chi connectivity index (χ2v) is 16.5. The average molecular weight is 757 g/mol. The van der Waals surface area contributed by atoms with E-state index in [-0.39, 0.29) is 26.1 Å². The van der Waals surface area contributed by atoms with Crippen LogP contribution in [0.3, 0.4) is 0 Å².